The van der Waals surface area contributed by atoms with Crippen molar-refractivity contribution in [1.82, 2.24) is 0 Å². The summed E-state index contributed by atoms with van der Waals surface area (Å²) in [5.74, 6) is 0. The van der Waals surface area contributed by atoms with Gasteiger partial charge in [0.15, 0.2) is 0 Å². The molecule has 0 spiro atoms. The van der Waals surface area contributed by atoms with Crippen LogP contribution in [0, 0.1) is 0 Å². The molecule has 58 valence electrons. The highest BCUT2D eigenvalue weighted by atomic mass is 16.3. The Hall–Kier alpha value is -1.41. The molecule has 1 rings (SSSR count). The minimum absolute atomic E-state index is 0.0845. The van der Waals surface area contributed by atoms with Crippen LogP contribution in [0.4, 0.5) is 0 Å². The molecule has 0 aromatic carbocycles. The van der Waals surface area contributed by atoms with Crippen LogP contribution >= 0.6 is 0 Å². The van der Waals surface area contributed by atoms with Gasteiger partial charge < -0.3 is 4.42 Å². The molecule has 0 aliphatic carbocycles. The lowest BCUT2D eigenvalue weighted by molar-refractivity contribution is 0.557. The van der Waals surface area contributed by atoms with E-state index < -0.39 is 0 Å². The van der Waals surface area contributed by atoms with E-state index in [1.54, 1.807) is 12.5 Å². The smallest absolute Gasteiger partial charge is 0.0938 e. The molecule has 0 unspecified atom stereocenters. The van der Waals surface area contributed by atoms with Gasteiger partial charge >= 0.3 is 0 Å². The third-order valence-corrected chi connectivity index (χ3v) is 1.51. The number of rotatable bonds is 3. The van der Waals surface area contributed by atoms with Crippen LogP contribution in [0.2, 0.25) is 0 Å². The zero-order valence-corrected chi connectivity index (χ0v) is 6.27. The average molecular weight is 151 g/mol. The molecule has 0 saturated carbocycles. The zero-order chi connectivity index (χ0) is 8.10. The molecular weight excluding hydrogens is 142 g/mol. The summed E-state index contributed by atoms with van der Waals surface area (Å²) < 4.78 is 4.86. The zero-order valence-electron chi connectivity index (χ0n) is 6.27. The molecule has 11 heavy (non-hydrogen) atoms. The standard InChI is InChI=1S/C7H9N3O/c1-2-7(9-10-8)6-3-4-11-5-6/h3-5,7H,2H2,1H3/t7-/m1/s1. The summed E-state index contributed by atoms with van der Waals surface area (Å²) in [6.45, 7) is 1.96. The van der Waals surface area contributed by atoms with Crippen molar-refractivity contribution in [1.29, 1.82) is 0 Å². The monoisotopic (exact) mass is 151 g/mol. The number of azide groups is 1. The summed E-state index contributed by atoms with van der Waals surface area (Å²) in [7, 11) is 0. The first kappa shape index (κ1) is 7.69. The minimum atomic E-state index is -0.0845. The lowest BCUT2D eigenvalue weighted by atomic mass is 10.1. The van der Waals surface area contributed by atoms with Gasteiger partial charge in [0, 0.05) is 4.91 Å². The fraction of sp³-hybridized carbons (Fsp3) is 0.429. The Morgan fingerprint density at radius 3 is 3.09 bits per heavy atom. The third kappa shape index (κ3) is 1.75. The topological polar surface area (TPSA) is 61.9 Å². The van der Waals surface area contributed by atoms with Crippen LogP contribution in [0.15, 0.2) is 28.1 Å². The van der Waals surface area contributed by atoms with Crippen LogP contribution in [-0.2, 0) is 0 Å². The second kappa shape index (κ2) is 3.68. The van der Waals surface area contributed by atoms with Gasteiger partial charge in [0.25, 0.3) is 0 Å². The van der Waals surface area contributed by atoms with Gasteiger partial charge in [-0.3, -0.25) is 0 Å². The molecule has 0 saturated heterocycles. The molecule has 0 N–H and O–H groups in total. The van der Waals surface area contributed by atoms with E-state index in [1.165, 1.54) is 0 Å². The van der Waals surface area contributed by atoms with Crippen LogP contribution in [0.25, 0.3) is 10.4 Å². The van der Waals surface area contributed by atoms with E-state index in [0.717, 1.165) is 12.0 Å². The van der Waals surface area contributed by atoms with E-state index >= 15 is 0 Å². The molecule has 1 heterocycles. The van der Waals surface area contributed by atoms with Crippen LogP contribution < -0.4 is 0 Å². The van der Waals surface area contributed by atoms with Crippen molar-refractivity contribution in [3.05, 3.63) is 34.6 Å². The predicted molar refractivity (Wildman–Crippen MR) is 40.9 cm³/mol. The summed E-state index contributed by atoms with van der Waals surface area (Å²) in [4.78, 5) is 2.75. The lowest BCUT2D eigenvalue weighted by Crippen LogP contribution is -1.88. The maximum absolute atomic E-state index is 8.19. The maximum Gasteiger partial charge on any atom is 0.0938 e. The normalized spacial score (nSPS) is 12.1. The van der Waals surface area contributed by atoms with E-state index in [-0.39, 0.29) is 6.04 Å². The van der Waals surface area contributed by atoms with Crippen molar-refractivity contribution >= 4 is 0 Å². The Balaban J connectivity index is 2.79. The third-order valence-electron chi connectivity index (χ3n) is 1.51. The molecule has 0 fully saturated rings. The summed E-state index contributed by atoms with van der Waals surface area (Å²) in [6.07, 6.45) is 3.97. The lowest BCUT2D eigenvalue weighted by Gasteiger charge is -2.01. The second-order valence-corrected chi connectivity index (χ2v) is 2.19. The Labute approximate surface area is 64.5 Å². The summed E-state index contributed by atoms with van der Waals surface area (Å²) >= 11 is 0. The van der Waals surface area contributed by atoms with E-state index in [1.807, 2.05) is 13.0 Å². The largest absolute Gasteiger partial charge is 0.472 e. The van der Waals surface area contributed by atoms with Crippen LogP contribution in [-0.4, -0.2) is 0 Å². The quantitative estimate of drug-likeness (QED) is 0.372. The number of nitrogens with zero attached hydrogens (tertiary/aromatic N) is 3. The number of hydrogen-bond acceptors (Lipinski definition) is 2. The SMILES string of the molecule is CC[C@@H](N=[N+]=[N-])c1ccoc1. The Morgan fingerprint density at radius 2 is 2.64 bits per heavy atom. The molecule has 1 aromatic rings. The van der Waals surface area contributed by atoms with Crippen molar-refractivity contribution in [3.63, 3.8) is 0 Å². The van der Waals surface area contributed by atoms with E-state index in [9.17, 15) is 0 Å². The second-order valence-electron chi connectivity index (χ2n) is 2.19. The molecule has 0 amide bonds. The molecular formula is C7H9N3O. The molecule has 4 heteroatoms. The summed E-state index contributed by atoms with van der Waals surface area (Å²) in [6, 6.07) is 1.72. The van der Waals surface area contributed by atoms with E-state index in [0.29, 0.717) is 0 Å². The first-order valence-corrected chi connectivity index (χ1v) is 3.44. The highest BCUT2D eigenvalue weighted by molar-refractivity contribution is 5.11. The first-order valence-electron chi connectivity index (χ1n) is 3.44. The Morgan fingerprint density at radius 1 is 1.82 bits per heavy atom. The van der Waals surface area contributed by atoms with Crippen molar-refractivity contribution in [3.8, 4) is 0 Å². The van der Waals surface area contributed by atoms with Crippen LogP contribution in [0.1, 0.15) is 24.9 Å². The molecule has 0 bridgehead atoms. The Kier molecular flexibility index (Phi) is 2.58. The van der Waals surface area contributed by atoms with Gasteiger partial charge in [-0.05, 0) is 23.6 Å². The van der Waals surface area contributed by atoms with Gasteiger partial charge in [-0.25, -0.2) is 0 Å². The van der Waals surface area contributed by atoms with Crippen molar-refractivity contribution < 1.29 is 4.42 Å². The van der Waals surface area contributed by atoms with Crippen LogP contribution in [0.3, 0.4) is 0 Å². The average Bonchev–Trinajstić information content (AvgIpc) is 2.52. The highest BCUT2D eigenvalue weighted by Crippen LogP contribution is 2.20. The van der Waals surface area contributed by atoms with E-state index in [4.69, 9.17) is 9.95 Å². The Bertz CT molecular complexity index is 249. The predicted octanol–water partition coefficient (Wildman–Crippen LogP) is 3.04. The first-order chi connectivity index (χ1) is 5.38. The molecule has 1 atom stereocenters. The number of furan rings is 1. The molecule has 0 aliphatic heterocycles. The van der Waals surface area contributed by atoms with E-state index in [2.05, 4.69) is 10.0 Å². The summed E-state index contributed by atoms with van der Waals surface area (Å²) in [5.41, 5.74) is 9.13. The van der Waals surface area contributed by atoms with Gasteiger partial charge in [-0.2, -0.15) is 0 Å². The highest BCUT2D eigenvalue weighted by Gasteiger charge is 2.06. The fourth-order valence-electron chi connectivity index (χ4n) is 0.911. The van der Waals surface area contributed by atoms with Gasteiger partial charge in [-0.15, -0.1) is 0 Å². The minimum Gasteiger partial charge on any atom is -0.472 e. The maximum atomic E-state index is 8.19. The molecule has 4 nitrogen and oxygen atoms in total. The van der Waals surface area contributed by atoms with Crippen LogP contribution in [0.5, 0.6) is 0 Å². The summed E-state index contributed by atoms with van der Waals surface area (Å²) in [5, 5.41) is 3.61. The van der Waals surface area contributed by atoms with Gasteiger partial charge in [0.1, 0.15) is 0 Å². The molecule has 0 aliphatic rings. The van der Waals surface area contributed by atoms with Gasteiger partial charge in [0.2, 0.25) is 0 Å². The fourth-order valence-corrected chi connectivity index (χ4v) is 0.911. The number of hydrogen-bond donors (Lipinski definition) is 0. The van der Waals surface area contributed by atoms with Gasteiger partial charge in [-0.1, -0.05) is 12.0 Å². The van der Waals surface area contributed by atoms with Crippen molar-refractivity contribution in [2.75, 3.05) is 0 Å². The molecule has 0 radical (unpaired) electrons. The van der Waals surface area contributed by atoms with Crippen molar-refractivity contribution in [2.45, 2.75) is 19.4 Å². The molecule has 1 aromatic heterocycles. The van der Waals surface area contributed by atoms with Gasteiger partial charge in [0.05, 0.1) is 18.6 Å². The van der Waals surface area contributed by atoms with Crippen molar-refractivity contribution in [2.24, 2.45) is 5.11 Å².